The lowest BCUT2D eigenvalue weighted by atomic mass is 9.88. The van der Waals surface area contributed by atoms with Crippen molar-refractivity contribution in [1.82, 2.24) is 9.80 Å². The molecule has 0 aromatic carbocycles. The number of carbonyl (C=O) groups excluding carboxylic acids is 3. The van der Waals surface area contributed by atoms with Crippen LogP contribution in [0.25, 0.3) is 0 Å². The van der Waals surface area contributed by atoms with E-state index >= 15 is 0 Å². The number of nitrogens with zero attached hydrogens (tertiary/aromatic N) is 2. The Bertz CT molecular complexity index is 528. The summed E-state index contributed by atoms with van der Waals surface area (Å²) in [5, 5.41) is 9.26. The van der Waals surface area contributed by atoms with Crippen LogP contribution >= 0.6 is 0 Å². The highest BCUT2D eigenvalue weighted by molar-refractivity contribution is 6.38. The summed E-state index contributed by atoms with van der Waals surface area (Å²) in [6.45, 7) is 6.69. The van der Waals surface area contributed by atoms with E-state index in [0.29, 0.717) is 6.54 Å². The van der Waals surface area contributed by atoms with Gasteiger partial charge in [-0.05, 0) is 20.9 Å². The summed E-state index contributed by atoms with van der Waals surface area (Å²) in [4.78, 5) is 50.1. The first-order chi connectivity index (χ1) is 10.6. The lowest BCUT2D eigenvalue weighted by molar-refractivity contribution is -0.160. The highest BCUT2D eigenvalue weighted by Crippen LogP contribution is 2.21. The third-order valence-electron chi connectivity index (χ3n) is 3.68. The van der Waals surface area contributed by atoms with Crippen LogP contribution in [0.5, 0.6) is 0 Å². The standard InChI is InChI=1S/C15H22N2O6/c1-5-11(18)23-9-15(2,3)12(19)13(20)17-7-6-16(4)8-10(17)14(21)22/h5,10H,1,6-9H2,2-4H3,(H,21,22). The van der Waals surface area contributed by atoms with E-state index in [0.717, 1.165) is 11.0 Å². The van der Waals surface area contributed by atoms with Crippen molar-refractivity contribution >= 4 is 23.6 Å². The third kappa shape index (κ3) is 4.62. The molecule has 1 amide bonds. The van der Waals surface area contributed by atoms with E-state index in [1.807, 2.05) is 0 Å². The maximum Gasteiger partial charge on any atom is 0.330 e. The van der Waals surface area contributed by atoms with Gasteiger partial charge in [0.15, 0.2) is 0 Å². The molecule has 1 N–H and O–H groups in total. The van der Waals surface area contributed by atoms with Gasteiger partial charge in [0.1, 0.15) is 12.6 Å². The minimum atomic E-state index is -1.25. The van der Waals surface area contributed by atoms with Gasteiger partial charge in [-0.1, -0.05) is 6.58 Å². The van der Waals surface area contributed by atoms with Gasteiger partial charge >= 0.3 is 11.9 Å². The fourth-order valence-corrected chi connectivity index (χ4v) is 2.17. The molecule has 0 aromatic heterocycles. The number of carbonyl (C=O) groups is 4. The smallest absolute Gasteiger partial charge is 0.330 e. The van der Waals surface area contributed by atoms with Crippen molar-refractivity contribution in [2.45, 2.75) is 19.9 Å². The van der Waals surface area contributed by atoms with Gasteiger partial charge in [-0.15, -0.1) is 0 Å². The van der Waals surface area contributed by atoms with Crippen LogP contribution in [0, 0.1) is 5.41 Å². The predicted molar refractivity (Wildman–Crippen MR) is 80.6 cm³/mol. The predicted octanol–water partition coefficient (Wildman–Crippen LogP) is -0.462. The maximum absolute atomic E-state index is 12.4. The highest BCUT2D eigenvalue weighted by Gasteiger charge is 2.42. The summed E-state index contributed by atoms with van der Waals surface area (Å²) in [5.41, 5.74) is -1.25. The van der Waals surface area contributed by atoms with Crippen molar-refractivity contribution in [3.05, 3.63) is 12.7 Å². The molecule has 0 saturated carbocycles. The van der Waals surface area contributed by atoms with Gasteiger partial charge < -0.3 is 19.6 Å². The molecule has 1 heterocycles. The van der Waals surface area contributed by atoms with Gasteiger partial charge in [0, 0.05) is 25.7 Å². The molecule has 8 nitrogen and oxygen atoms in total. The van der Waals surface area contributed by atoms with Crippen LogP contribution in [0.15, 0.2) is 12.7 Å². The molecule has 0 bridgehead atoms. The molecule has 1 aliphatic rings. The van der Waals surface area contributed by atoms with Crippen molar-refractivity contribution in [1.29, 1.82) is 0 Å². The van der Waals surface area contributed by atoms with Crippen molar-refractivity contribution < 1.29 is 29.0 Å². The molecular formula is C15H22N2O6. The number of aliphatic carboxylic acids is 1. The number of piperazine rings is 1. The average Bonchev–Trinajstić information content (AvgIpc) is 2.50. The lowest BCUT2D eigenvalue weighted by Gasteiger charge is -2.38. The SMILES string of the molecule is C=CC(=O)OCC(C)(C)C(=O)C(=O)N1CCN(C)CC1C(=O)O. The molecule has 0 spiro atoms. The molecule has 8 heteroatoms. The number of rotatable bonds is 6. The van der Waals surface area contributed by atoms with Gasteiger partial charge in [-0.3, -0.25) is 9.59 Å². The second kappa shape index (κ2) is 7.36. The zero-order valence-electron chi connectivity index (χ0n) is 13.6. The van der Waals surface area contributed by atoms with E-state index in [9.17, 15) is 24.3 Å². The second-order valence-corrected chi connectivity index (χ2v) is 6.14. The first-order valence-electron chi connectivity index (χ1n) is 7.16. The molecule has 1 rings (SSSR count). The van der Waals surface area contributed by atoms with Crippen LogP contribution in [0.2, 0.25) is 0 Å². The Morgan fingerprint density at radius 1 is 1.30 bits per heavy atom. The van der Waals surface area contributed by atoms with Gasteiger partial charge in [0.05, 0.1) is 5.41 Å². The summed E-state index contributed by atoms with van der Waals surface area (Å²) in [7, 11) is 1.75. The lowest BCUT2D eigenvalue weighted by Crippen LogP contribution is -2.60. The molecule has 23 heavy (non-hydrogen) atoms. The van der Waals surface area contributed by atoms with Gasteiger partial charge in [0.25, 0.3) is 5.91 Å². The number of Topliss-reactive ketones (excluding diaryl/α,β-unsaturated/α-hetero) is 1. The van der Waals surface area contributed by atoms with Crippen LogP contribution in [-0.4, -0.2) is 77.9 Å². The minimum Gasteiger partial charge on any atom is -0.480 e. The van der Waals surface area contributed by atoms with Gasteiger partial charge in [0.2, 0.25) is 5.78 Å². The summed E-state index contributed by atoms with van der Waals surface area (Å²) in [6.07, 6.45) is 0.962. The molecule has 1 atom stereocenters. The molecule has 1 fully saturated rings. The van der Waals surface area contributed by atoms with Crippen molar-refractivity contribution in [2.75, 3.05) is 33.3 Å². The van der Waals surface area contributed by atoms with E-state index in [1.54, 1.807) is 11.9 Å². The monoisotopic (exact) mass is 326 g/mol. The number of hydrogen-bond donors (Lipinski definition) is 1. The summed E-state index contributed by atoms with van der Waals surface area (Å²) < 4.78 is 4.83. The largest absolute Gasteiger partial charge is 0.480 e. The van der Waals surface area contributed by atoms with Crippen LogP contribution in [0.4, 0.5) is 0 Å². The van der Waals surface area contributed by atoms with Crippen molar-refractivity contribution in [2.24, 2.45) is 5.41 Å². The van der Waals surface area contributed by atoms with E-state index < -0.39 is 35.1 Å². The van der Waals surface area contributed by atoms with Gasteiger partial charge in [-0.25, -0.2) is 9.59 Å². The Morgan fingerprint density at radius 3 is 2.43 bits per heavy atom. The molecule has 0 aliphatic carbocycles. The topological polar surface area (TPSA) is 104 Å². The summed E-state index contributed by atoms with van der Waals surface area (Å²) in [6, 6.07) is -1.07. The normalized spacial score (nSPS) is 19.1. The number of amides is 1. The van der Waals surface area contributed by atoms with Crippen LogP contribution in [0.1, 0.15) is 13.8 Å². The zero-order chi connectivity index (χ0) is 17.8. The Labute approximate surface area is 134 Å². The third-order valence-corrected chi connectivity index (χ3v) is 3.68. The molecule has 128 valence electrons. The second-order valence-electron chi connectivity index (χ2n) is 6.14. The number of ketones is 1. The number of likely N-dealkylation sites (N-methyl/N-ethyl adjacent to an activating group) is 1. The quantitative estimate of drug-likeness (QED) is 0.400. The first-order valence-corrected chi connectivity index (χ1v) is 7.16. The van der Waals surface area contributed by atoms with Crippen LogP contribution < -0.4 is 0 Å². The fraction of sp³-hybridized carbons (Fsp3) is 0.600. The summed E-state index contributed by atoms with van der Waals surface area (Å²) >= 11 is 0. The molecule has 0 aromatic rings. The van der Waals surface area contributed by atoms with E-state index in [1.165, 1.54) is 13.8 Å². The maximum atomic E-state index is 12.4. The Balaban J connectivity index is 2.84. The molecule has 1 aliphatic heterocycles. The Kier molecular flexibility index (Phi) is 6.03. The number of carboxylic acid groups (broad SMARTS) is 1. The first kappa shape index (κ1) is 18.8. The fourth-order valence-electron chi connectivity index (χ4n) is 2.17. The molecule has 1 saturated heterocycles. The molecule has 0 radical (unpaired) electrons. The number of ether oxygens (including phenoxy) is 1. The molecular weight excluding hydrogens is 304 g/mol. The average molecular weight is 326 g/mol. The number of carboxylic acids is 1. The van der Waals surface area contributed by atoms with Crippen molar-refractivity contribution in [3.63, 3.8) is 0 Å². The Morgan fingerprint density at radius 2 is 1.91 bits per heavy atom. The highest BCUT2D eigenvalue weighted by atomic mass is 16.5. The molecule has 1 unspecified atom stereocenters. The van der Waals surface area contributed by atoms with Gasteiger partial charge in [-0.2, -0.15) is 0 Å². The summed E-state index contributed by atoms with van der Waals surface area (Å²) in [5.74, 6) is -3.51. The number of esters is 1. The number of hydrogen-bond acceptors (Lipinski definition) is 6. The Hall–Kier alpha value is -2.22. The van der Waals surface area contributed by atoms with E-state index in [4.69, 9.17) is 4.74 Å². The van der Waals surface area contributed by atoms with Crippen molar-refractivity contribution in [3.8, 4) is 0 Å². The van der Waals surface area contributed by atoms with Crippen LogP contribution in [-0.2, 0) is 23.9 Å². The van der Waals surface area contributed by atoms with E-state index in [-0.39, 0.29) is 19.7 Å². The van der Waals surface area contributed by atoms with Crippen LogP contribution in [0.3, 0.4) is 0 Å². The van der Waals surface area contributed by atoms with E-state index in [2.05, 4.69) is 6.58 Å². The minimum absolute atomic E-state index is 0.153. The zero-order valence-corrected chi connectivity index (χ0v) is 13.6.